The number of carbonyl (C=O) groups is 2. The van der Waals surface area contributed by atoms with Crippen LogP contribution in [0, 0.1) is 11.6 Å². The van der Waals surface area contributed by atoms with Gasteiger partial charge in [0, 0.05) is 19.1 Å². The summed E-state index contributed by atoms with van der Waals surface area (Å²) in [7, 11) is -2.07. The second kappa shape index (κ2) is 12.9. The summed E-state index contributed by atoms with van der Waals surface area (Å²) in [6, 6.07) is 9.59. The topological polar surface area (TPSA) is 113 Å². The Labute approximate surface area is 246 Å². The van der Waals surface area contributed by atoms with Crippen molar-refractivity contribution in [1.82, 2.24) is 9.62 Å². The van der Waals surface area contributed by atoms with Gasteiger partial charge in [0.25, 0.3) is 5.91 Å². The maximum absolute atomic E-state index is 15.1. The zero-order chi connectivity index (χ0) is 31.6. The number of aliphatic carboxylic acids is 1. The van der Waals surface area contributed by atoms with Crippen molar-refractivity contribution in [3.8, 4) is 0 Å². The van der Waals surface area contributed by atoms with Crippen LogP contribution in [-0.4, -0.2) is 68.5 Å². The molecular weight excluding hydrogens is 599 g/mol. The number of piperidine rings is 1. The number of carbonyl (C=O) groups excluding carboxylic acids is 1. The van der Waals surface area contributed by atoms with Crippen molar-refractivity contribution in [2.24, 2.45) is 0 Å². The molecule has 0 spiro atoms. The summed E-state index contributed by atoms with van der Waals surface area (Å²) < 4.78 is 92.2. The predicted molar refractivity (Wildman–Crippen MR) is 146 cm³/mol. The van der Waals surface area contributed by atoms with E-state index in [0.29, 0.717) is 26.0 Å². The molecule has 2 N–H and O–H groups in total. The number of ether oxygens (including phenoxy) is 1. The number of hydrogen-bond donors (Lipinski definition) is 2. The van der Waals surface area contributed by atoms with Crippen molar-refractivity contribution < 1.29 is 49.8 Å². The molecule has 2 aromatic carbocycles. The van der Waals surface area contributed by atoms with Gasteiger partial charge in [0.15, 0.2) is 0 Å². The van der Waals surface area contributed by atoms with Crippen LogP contribution in [0.15, 0.2) is 36.4 Å². The third-order valence-electron chi connectivity index (χ3n) is 8.02. The molecule has 3 fully saturated rings. The maximum atomic E-state index is 15.1. The third-order valence-corrected chi connectivity index (χ3v) is 9.83. The van der Waals surface area contributed by atoms with Crippen LogP contribution in [-0.2, 0) is 31.5 Å². The van der Waals surface area contributed by atoms with E-state index in [2.05, 4.69) is 9.62 Å². The average Bonchev–Trinajstić information content (AvgIpc) is 3.83. The molecule has 43 heavy (non-hydrogen) atoms. The smallest absolute Gasteiger partial charge is 0.475 e. The predicted octanol–water partition coefficient (Wildman–Crippen LogP) is 4.88. The molecule has 3 aliphatic rings. The monoisotopic (exact) mass is 632 g/mol. The fraction of sp³-hybridized carbons (Fsp3) is 0.517. The van der Waals surface area contributed by atoms with E-state index in [1.165, 1.54) is 18.2 Å². The Balaban J connectivity index is 0.000000541. The Bertz CT molecular complexity index is 1430. The van der Waals surface area contributed by atoms with Gasteiger partial charge in [0.1, 0.15) is 11.6 Å². The minimum absolute atomic E-state index is 0.196. The van der Waals surface area contributed by atoms with Gasteiger partial charge in [-0.1, -0.05) is 12.1 Å². The lowest BCUT2D eigenvalue weighted by Gasteiger charge is -2.42. The first-order valence-corrected chi connectivity index (χ1v) is 15.4. The summed E-state index contributed by atoms with van der Waals surface area (Å²) in [5, 5.41) is 6.57. The first kappa shape index (κ1) is 32.8. The van der Waals surface area contributed by atoms with Gasteiger partial charge in [-0.2, -0.15) is 13.2 Å². The Hall–Kier alpha value is -3.10. The van der Waals surface area contributed by atoms with Crippen LogP contribution in [0.25, 0.3) is 0 Å². The number of methoxy groups -OCH3 is 1. The van der Waals surface area contributed by atoms with Crippen LogP contribution >= 0.6 is 0 Å². The Morgan fingerprint density at radius 2 is 1.63 bits per heavy atom. The number of halogens is 5. The Morgan fingerprint density at radius 3 is 2.12 bits per heavy atom. The van der Waals surface area contributed by atoms with Gasteiger partial charge >= 0.3 is 12.1 Å². The van der Waals surface area contributed by atoms with Crippen molar-refractivity contribution >= 4 is 21.9 Å². The minimum atomic E-state index is -5.08. The molecule has 0 unspecified atom stereocenters. The molecule has 1 amide bonds. The molecule has 1 heterocycles. The van der Waals surface area contributed by atoms with Crippen LogP contribution in [0.2, 0.25) is 0 Å². The molecule has 1 aliphatic heterocycles. The molecule has 0 bridgehead atoms. The number of rotatable bonds is 9. The molecule has 2 saturated carbocycles. The number of nitrogens with one attached hydrogen (secondary N) is 1. The third kappa shape index (κ3) is 8.30. The molecule has 0 atom stereocenters. The van der Waals surface area contributed by atoms with E-state index in [0.717, 1.165) is 55.5 Å². The first-order chi connectivity index (χ1) is 20.1. The molecule has 14 heteroatoms. The van der Waals surface area contributed by atoms with E-state index in [1.807, 2.05) is 12.1 Å². The standard InChI is InChI=1S/C27H32F2N2O4S.C2HF3O2/c1-35-17-27(20-4-6-21(28)7-5-20)10-12-31(13-11-27)16-19-14-25(29)24(15-23(19)18-2-3-18)26(32)30-36(33,34)22-8-9-22;3-2(4,5)1(6)7/h4-7,14-15,18,22H,2-3,8-13,16-17H2,1H3,(H,30,32);(H,6,7). The van der Waals surface area contributed by atoms with Crippen molar-refractivity contribution in [2.45, 2.75) is 67.8 Å². The van der Waals surface area contributed by atoms with Gasteiger partial charge in [-0.15, -0.1) is 0 Å². The SMILES string of the molecule is COCC1(c2ccc(F)cc2)CCN(Cc2cc(F)c(C(=O)NS(=O)(=O)C3CC3)cc2C2CC2)CC1.O=C(O)C(F)(F)F. The van der Waals surface area contributed by atoms with Crippen LogP contribution in [0.5, 0.6) is 0 Å². The van der Waals surface area contributed by atoms with Crippen LogP contribution in [0.1, 0.15) is 71.5 Å². The molecule has 0 aromatic heterocycles. The van der Waals surface area contributed by atoms with Gasteiger partial charge in [-0.3, -0.25) is 9.69 Å². The Kier molecular flexibility index (Phi) is 9.82. The molecule has 5 rings (SSSR count). The maximum Gasteiger partial charge on any atom is 0.490 e. The number of sulfonamides is 1. The highest BCUT2D eigenvalue weighted by atomic mass is 32.2. The molecule has 8 nitrogen and oxygen atoms in total. The number of amides is 1. The highest BCUT2D eigenvalue weighted by molar-refractivity contribution is 7.91. The van der Waals surface area contributed by atoms with Crippen LogP contribution in [0.4, 0.5) is 22.0 Å². The summed E-state index contributed by atoms with van der Waals surface area (Å²) in [6.45, 7) is 2.64. The quantitative estimate of drug-likeness (QED) is 0.379. The zero-order valence-corrected chi connectivity index (χ0v) is 24.2. The summed E-state index contributed by atoms with van der Waals surface area (Å²) in [5.74, 6) is -4.35. The van der Waals surface area contributed by atoms with E-state index in [1.54, 1.807) is 13.2 Å². The highest BCUT2D eigenvalue weighted by Gasteiger charge is 2.40. The van der Waals surface area contributed by atoms with E-state index >= 15 is 4.39 Å². The van der Waals surface area contributed by atoms with Gasteiger partial charge in [-0.25, -0.2) is 26.7 Å². The number of alkyl halides is 3. The number of likely N-dealkylation sites (tertiary alicyclic amines) is 1. The van der Waals surface area contributed by atoms with Crippen molar-refractivity contribution in [3.05, 3.63) is 70.3 Å². The van der Waals surface area contributed by atoms with Crippen LogP contribution in [0.3, 0.4) is 0 Å². The Morgan fingerprint density at radius 1 is 1.05 bits per heavy atom. The minimum Gasteiger partial charge on any atom is -0.475 e. The van der Waals surface area contributed by atoms with Crippen molar-refractivity contribution in [1.29, 1.82) is 0 Å². The molecule has 2 aromatic rings. The molecule has 0 radical (unpaired) electrons. The van der Waals surface area contributed by atoms with Crippen molar-refractivity contribution in [2.75, 3.05) is 26.8 Å². The molecular formula is C29H33F5N2O6S. The average molecular weight is 633 g/mol. The summed E-state index contributed by atoms with van der Waals surface area (Å²) >= 11 is 0. The number of carboxylic acids is 1. The first-order valence-electron chi connectivity index (χ1n) is 13.8. The molecule has 236 valence electrons. The van der Waals surface area contributed by atoms with Crippen LogP contribution < -0.4 is 4.72 Å². The largest absolute Gasteiger partial charge is 0.490 e. The van der Waals surface area contributed by atoms with Gasteiger partial charge in [-0.05, 0) is 98.5 Å². The highest BCUT2D eigenvalue weighted by Crippen LogP contribution is 2.43. The van der Waals surface area contributed by atoms with Gasteiger partial charge in [0.2, 0.25) is 10.0 Å². The van der Waals surface area contributed by atoms with Crippen molar-refractivity contribution in [3.63, 3.8) is 0 Å². The second-order valence-electron chi connectivity index (χ2n) is 11.3. The number of carboxylic acid groups (broad SMARTS) is 1. The second-order valence-corrected chi connectivity index (χ2v) is 13.2. The van der Waals surface area contributed by atoms with E-state index < -0.39 is 39.1 Å². The lowest BCUT2D eigenvalue weighted by Crippen LogP contribution is -2.45. The summed E-state index contributed by atoms with van der Waals surface area (Å²) in [4.78, 5) is 23.8. The number of hydrogen-bond acceptors (Lipinski definition) is 6. The summed E-state index contributed by atoms with van der Waals surface area (Å²) in [5.41, 5.74) is 2.43. The van der Waals surface area contributed by atoms with Gasteiger partial charge in [0.05, 0.1) is 17.4 Å². The molecule has 2 aliphatic carbocycles. The zero-order valence-electron chi connectivity index (χ0n) is 23.4. The van der Waals surface area contributed by atoms with E-state index in [4.69, 9.17) is 14.6 Å². The normalized spacial score (nSPS) is 18.8. The number of benzene rings is 2. The molecule has 1 saturated heterocycles. The fourth-order valence-corrected chi connectivity index (χ4v) is 6.63. The van der Waals surface area contributed by atoms with E-state index in [-0.39, 0.29) is 22.7 Å². The van der Waals surface area contributed by atoms with E-state index in [9.17, 15) is 30.8 Å². The summed E-state index contributed by atoms with van der Waals surface area (Å²) in [6.07, 6.45) is -0.427. The lowest BCUT2D eigenvalue weighted by molar-refractivity contribution is -0.192. The van der Waals surface area contributed by atoms with Gasteiger partial charge < -0.3 is 9.84 Å². The number of nitrogens with zero attached hydrogens (tertiary/aromatic N) is 1. The lowest BCUT2D eigenvalue weighted by atomic mass is 9.73. The fourth-order valence-electron chi connectivity index (χ4n) is 5.34.